The van der Waals surface area contributed by atoms with Gasteiger partial charge in [-0.2, -0.15) is 0 Å². The molecule has 0 fully saturated rings. The molecule has 0 radical (unpaired) electrons. The van der Waals surface area contributed by atoms with Crippen molar-refractivity contribution in [2.24, 2.45) is 0 Å². The summed E-state index contributed by atoms with van der Waals surface area (Å²) in [6.07, 6.45) is 0. The van der Waals surface area contributed by atoms with Gasteiger partial charge in [0, 0.05) is 15.4 Å². The number of carbonyl (C=O) groups excluding carboxylic acids is 1. The van der Waals surface area contributed by atoms with E-state index in [0.29, 0.717) is 5.76 Å². The van der Waals surface area contributed by atoms with Gasteiger partial charge in [-0.15, -0.1) is 0 Å². The van der Waals surface area contributed by atoms with Gasteiger partial charge in [0.1, 0.15) is 5.58 Å². The van der Waals surface area contributed by atoms with E-state index in [1.165, 1.54) is 0 Å². The zero-order chi connectivity index (χ0) is 15.7. The van der Waals surface area contributed by atoms with Gasteiger partial charge in [0.2, 0.25) is 0 Å². The lowest BCUT2D eigenvalue weighted by Crippen LogP contribution is -2.26. The van der Waals surface area contributed by atoms with E-state index in [-0.39, 0.29) is 11.9 Å². The monoisotopic (exact) mass is 357 g/mol. The van der Waals surface area contributed by atoms with Crippen LogP contribution in [-0.2, 0) is 0 Å². The summed E-state index contributed by atoms with van der Waals surface area (Å²) in [5.41, 5.74) is 2.64. The van der Waals surface area contributed by atoms with E-state index in [1.54, 1.807) is 0 Å². The van der Waals surface area contributed by atoms with E-state index in [0.717, 1.165) is 26.6 Å². The molecular weight excluding hydrogens is 342 g/mol. The molecule has 3 nitrogen and oxygen atoms in total. The van der Waals surface area contributed by atoms with Crippen LogP contribution >= 0.6 is 15.9 Å². The van der Waals surface area contributed by atoms with Crippen molar-refractivity contribution in [3.8, 4) is 0 Å². The second kappa shape index (κ2) is 5.97. The zero-order valence-electron chi connectivity index (χ0n) is 12.4. The van der Waals surface area contributed by atoms with Crippen LogP contribution in [0.25, 0.3) is 11.0 Å². The molecule has 3 aromatic rings. The summed E-state index contributed by atoms with van der Waals surface area (Å²) < 4.78 is 6.69. The fourth-order valence-electron chi connectivity index (χ4n) is 2.50. The number of amides is 1. The van der Waals surface area contributed by atoms with Gasteiger partial charge in [0.15, 0.2) is 5.76 Å². The molecule has 1 heterocycles. The molecule has 2 aromatic carbocycles. The lowest BCUT2D eigenvalue weighted by molar-refractivity contribution is 0.0913. The summed E-state index contributed by atoms with van der Waals surface area (Å²) in [7, 11) is 0. The predicted octanol–water partition coefficient (Wildman–Crippen LogP) is 4.99. The van der Waals surface area contributed by atoms with Crippen molar-refractivity contribution in [1.82, 2.24) is 5.32 Å². The first-order valence-electron chi connectivity index (χ1n) is 7.10. The van der Waals surface area contributed by atoms with Crippen molar-refractivity contribution in [2.45, 2.75) is 19.9 Å². The first-order valence-corrected chi connectivity index (χ1v) is 7.90. The number of hydrogen-bond acceptors (Lipinski definition) is 2. The Bertz CT molecular complexity index is 824. The Morgan fingerprint density at radius 2 is 1.91 bits per heavy atom. The van der Waals surface area contributed by atoms with Gasteiger partial charge in [-0.1, -0.05) is 46.3 Å². The molecule has 1 N–H and O–H groups in total. The third-order valence-electron chi connectivity index (χ3n) is 3.75. The van der Waals surface area contributed by atoms with E-state index in [2.05, 4.69) is 21.2 Å². The molecule has 0 aliphatic carbocycles. The summed E-state index contributed by atoms with van der Waals surface area (Å²) in [6, 6.07) is 15.5. The van der Waals surface area contributed by atoms with Crippen LogP contribution in [0.5, 0.6) is 0 Å². The summed E-state index contributed by atoms with van der Waals surface area (Å²) in [4.78, 5) is 12.5. The van der Waals surface area contributed by atoms with Crippen LogP contribution in [0.1, 0.15) is 34.6 Å². The summed E-state index contributed by atoms with van der Waals surface area (Å²) >= 11 is 3.44. The second-order valence-electron chi connectivity index (χ2n) is 5.30. The minimum Gasteiger partial charge on any atom is -0.451 e. The van der Waals surface area contributed by atoms with E-state index in [1.807, 2.05) is 62.4 Å². The molecule has 0 saturated heterocycles. The Balaban J connectivity index is 1.88. The number of carbonyl (C=O) groups is 1. The number of hydrogen-bond donors (Lipinski definition) is 1. The van der Waals surface area contributed by atoms with Crippen LogP contribution in [-0.4, -0.2) is 5.91 Å². The maximum Gasteiger partial charge on any atom is 0.287 e. The average Bonchev–Trinajstić information content (AvgIpc) is 2.85. The minimum absolute atomic E-state index is 0.0759. The van der Waals surface area contributed by atoms with Crippen LogP contribution in [0.4, 0.5) is 0 Å². The van der Waals surface area contributed by atoms with E-state index < -0.39 is 0 Å². The molecule has 22 heavy (non-hydrogen) atoms. The van der Waals surface area contributed by atoms with Crippen molar-refractivity contribution in [1.29, 1.82) is 0 Å². The standard InChI is InChI=1S/C18H16BrNO2/c1-11-15-10-14(19)8-9-16(15)22-17(11)18(21)20-12(2)13-6-4-3-5-7-13/h3-10,12H,1-2H3,(H,20,21)/t12-/m0/s1. The number of fused-ring (bicyclic) bond motifs is 1. The number of halogens is 1. The van der Waals surface area contributed by atoms with Gasteiger partial charge < -0.3 is 9.73 Å². The third kappa shape index (κ3) is 2.79. The minimum atomic E-state index is -0.193. The van der Waals surface area contributed by atoms with E-state index >= 15 is 0 Å². The Labute approximate surface area is 137 Å². The van der Waals surface area contributed by atoms with Crippen LogP contribution in [0, 0.1) is 6.92 Å². The highest BCUT2D eigenvalue weighted by Gasteiger charge is 2.19. The van der Waals surface area contributed by atoms with Crippen LogP contribution in [0.15, 0.2) is 57.4 Å². The summed E-state index contributed by atoms with van der Waals surface area (Å²) in [5.74, 6) is 0.178. The molecule has 4 heteroatoms. The van der Waals surface area contributed by atoms with Gasteiger partial charge in [-0.25, -0.2) is 0 Å². The number of rotatable bonds is 3. The highest BCUT2D eigenvalue weighted by atomic mass is 79.9. The van der Waals surface area contributed by atoms with Crippen LogP contribution in [0.3, 0.4) is 0 Å². The van der Waals surface area contributed by atoms with Crippen molar-refractivity contribution >= 4 is 32.8 Å². The molecule has 1 aromatic heterocycles. The molecule has 0 aliphatic rings. The summed E-state index contributed by atoms with van der Waals surface area (Å²) in [5, 5.41) is 3.94. The molecule has 0 bridgehead atoms. The Kier molecular flexibility index (Phi) is 4.03. The molecule has 1 atom stereocenters. The Morgan fingerprint density at radius 3 is 2.64 bits per heavy atom. The largest absolute Gasteiger partial charge is 0.451 e. The quantitative estimate of drug-likeness (QED) is 0.716. The number of furan rings is 1. The van der Waals surface area contributed by atoms with Crippen LogP contribution < -0.4 is 5.32 Å². The molecule has 0 spiro atoms. The number of benzene rings is 2. The second-order valence-corrected chi connectivity index (χ2v) is 6.22. The van der Waals surface area contributed by atoms with Crippen molar-refractivity contribution < 1.29 is 9.21 Å². The maximum absolute atomic E-state index is 12.5. The summed E-state index contributed by atoms with van der Waals surface area (Å²) in [6.45, 7) is 3.86. The first kappa shape index (κ1) is 14.9. The zero-order valence-corrected chi connectivity index (χ0v) is 14.0. The Hall–Kier alpha value is -2.07. The van der Waals surface area contributed by atoms with Crippen LogP contribution in [0.2, 0.25) is 0 Å². The van der Waals surface area contributed by atoms with Crippen molar-refractivity contribution in [2.75, 3.05) is 0 Å². The molecule has 0 saturated carbocycles. The molecular formula is C18H16BrNO2. The van der Waals surface area contributed by atoms with Crippen molar-refractivity contribution in [3.05, 3.63) is 69.9 Å². The van der Waals surface area contributed by atoms with Gasteiger partial charge >= 0.3 is 0 Å². The maximum atomic E-state index is 12.5. The predicted molar refractivity (Wildman–Crippen MR) is 91.0 cm³/mol. The number of aryl methyl sites for hydroxylation is 1. The number of nitrogens with one attached hydrogen (secondary N) is 1. The SMILES string of the molecule is Cc1c(C(=O)N[C@@H](C)c2ccccc2)oc2ccc(Br)cc12. The smallest absolute Gasteiger partial charge is 0.287 e. The molecule has 3 rings (SSSR count). The highest BCUT2D eigenvalue weighted by molar-refractivity contribution is 9.10. The van der Waals surface area contributed by atoms with E-state index in [9.17, 15) is 4.79 Å². The van der Waals surface area contributed by atoms with E-state index in [4.69, 9.17) is 4.42 Å². The van der Waals surface area contributed by atoms with Gasteiger partial charge in [-0.3, -0.25) is 4.79 Å². The Morgan fingerprint density at radius 1 is 1.18 bits per heavy atom. The average molecular weight is 358 g/mol. The highest BCUT2D eigenvalue weighted by Crippen LogP contribution is 2.28. The molecule has 0 aliphatic heterocycles. The molecule has 0 unspecified atom stereocenters. The topological polar surface area (TPSA) is 42.2 Å². The lowest BCUT2D eigenvalue weighted by Gasteiger charge is -2.13. The van der Waals surface area contributed by atoms with Gasteiger partial charge in [0.25, 0.3) is 5.91 Å². The van der Waals surface area contributed by atoms with Gasteiger partial charge in [0.05, 0.1) is 6.04 Å². The fraction of sp³-hybridized carbons (Fsp3) is 0.167. The third-order valence-corrected chi connectivity index (χ3v) is 4.24. The lowest BCUT2D eigenvalue weighted by atomic mass is 10.1. The molecule has 1 amide bonds. The van der Waals surface area contributed by atoms with Gasteiger partial charge in [-0.05, 0) is 37.6 Å². The fourth-order valence-corrected chi connectivity index (χ4v) is 2.86. The first-order chi connectivity index (χ1) is 10.6. The van der Waals surface area contributed by atoms with Crippen molar-refractivity contribution in [3.63, 3.8) is 0 Å². The molecule has 112 valence electrons. The normalized spacial score (nSPS) is 12.3.